The van der Waals surface area contributed by atoms with Gasteiger partial charge < -0.3 is 33.5 Å². The second-order valence-electron chi connectivity index (χ2n) is 20.8. The van der Waals surface area contributed by atoms with Crippen LogP contribution in [0.25, 0.3) is 11.1 Å². The second-order valence-corrected chi connectivity index (χ2v) is 22.7. The van der Waals surface area contributed by atoms with Gasteiger partial charge in [-0.05, 0) is 142 Å². The zero-order valence-electron chi connectivity index (χ0n) is 43.0. The summed E-state index contributed by atoms with van der Waals surface area (Å²) in [6.45, 7) is 11.3. The van der Waals surface area contributed by atoms with E-state index < -0.39 is 5.92 Å². The molecule has 0 spiro atoms. The molecule has 4 heterocycles. The Morgan fingerprint density at radius 2 is 1.41 bits per heavy atom. The lowest BCUT2D eigenvalue weighted by Gasteiger charge is -2.27. The van der Waals surface area contributed by atoms with Crippen molar-refractivity contribution >= 4 is 64.0 Å². The highest BCUT2D eigenvalue weighted by Gasteiger charge is 2.43. The third kappa shape index (κ3) is 11.8. The quantitative estimate of drug-likeness (QED) is 0.0585. The van der Waals surface area contributed by atoms with Crippen molar-refractivity contribution in [3.05, 3.63) is 124 Å². The summed E-state index contributed by atoms with van der Waals surface area (Å²) in [6, 6.07) is 24.0. The number of carbonyl (C=O) groups is 5. The summed E-state index contributed by atoms with van der Waals surface area (Å²) >= 11 is 1.57. The fourth-order valence-corrected chi connectivity index (χ4v) is 12.2. The van der Waals surface area contributed by atoms with Crippen molar-refractivity contribution in [1.29, 1.82) is 0 Å². The number of rotatable bonds is 21. The Bertz CT molecular complexity index is 2870. The molecule has 0 bridgehead atoms. The van der Waals surface area contributed by atoms with Crippen molar-refractivity contribution in [3.8, 4) is 23.0 Å². The van der Waals surface area contributed by atoms with Gasteiger partial charge in [0.1, 0.15) is 23.1 Å². The highest BCUT2D eigenvalue weighted by Crippen LogP contribution is 2.43. The number of hydrogen-bond donors (Lipinski definition) is 0. The van der Waals surface area contributed by atoms with Gasteiger partial charge in [-0.3, -0.25) is 24.2 Å². The van der Waals surface area contributed by atoms with Crippen LogP contribution in [0.3, 0.4) is 0 Å². The Hall–Kier alpha value is -6.47. The van der Waals surface area contributed by atoms with Crippen molar-refractivity contribution in [2.75, 3.05) is 26.9 Å². The molecule has 4 aromatic rings. The molecule has 2 amide bonds. The van der Waals surface area contributed by atoms with E-state index in [1.807, 2.05) is 48.6 Å². The molecule has 1 saturated carbocycles. The first-order valence-electron chi connectivity index (χ1n) is 25.9. The van der Waals surface area contributed by atoms with Crippen LogP contribution in [0.4, 0.5) is 5.69 Å². The first-order valence-corrected chi connectivity index (χ1v) is 26.8. The number of nitrogens with zero attached hydrogens (tertiary/aromatic N) is 3. The van der Waals surface area contributed by atoms with Gasteiger partial charge in [-0.2, -0.15) is 0 Å². The van der Waals surface area contributed by atoms with E-state index in [0.717, 1.165) is 102 Å². The number of hydrogen-bond acceptors (Lipinski definition) is 11. The fraction of sp³-hybridized carbons (Fsp3) is 0.433. The summed E-state index contributed by atoms with van der Waals surface area (Å²) in [4.78, 5) is 73.2. The maximum Gasteiger partial charge on any atom is 0.260 e. The van der Waals surface area contributed by atoms with Crippen molar-refractivity contribution in [2.45, 2.75) is 134 Å². The predicted molar refractivity (Wildman–Crippen MR) is 286 cm³/mol. The van der Waals surface area contributed by atoms with Crippen LogP contribution in [0.2, 0.25) is 0 Å². The Morgan fingerprint density at radius 3 is 2.14 bits per heavy atom. The largest absolute Gasteiger partial charge is 0.494 e. The molecule has 4 aromatic carbocycles. The van der Waals surface area contributed by atoms with Gasteiger partial charge in [0.2, 0.25) is 0 Å². The number of methoxy groups -OCH3 is 1. The number of Topliss-reactive ketones (excluding diaryl/α,β-unsaturated/α-hetero) is 3. The first-order chi connectivity index (χ1) is 35.1. The minimum absolute atomic E-state index is 0.00326. The van der Waals surface area contributed by atoms with Crippen LogP contribution in [0, 0.1) is 19.8 Å². The molecule has 12 nitrogen and oxygen atoms in total. The van der Waals surface area contributed by atoms with E-state index in [-0.39, 0.29) is 64.1 Å². The number of aliphatic imine (C=N–C) groups is 1. The molecule has 9 rings (SSSR count). The number of carbonyl (C=O) groups excluding carboxylic acids is 5. The molecule has 1 aliphatic carbocycles. The zero-order chi connectivity index (χ0) is 51.4. The van der Waals surface area contributed by atoms with Gasteiger partial charge in [-0.15, -0.1) is 11.8 Å². The van der Waals surface area contributed by atoms with Crippen LogP contribution in [-0.2, 0) is 20.8 Å². The third-order valence-corrected chi connectivity index (χ3v) is 16.3. The van der Waals surface area contributed by atoms with Crippen molar-refractivity contribution in [2.24, 2.45) is 10.9 Å². The van der Waals surface area contributed by atoms with E-state index >= 15 is 0 Å². The number of thioether (sulfide) groups is 1. The zero-order valence-corrected chi connectivity index (χ0v) is 43.8. The van der Waals surface area contributed by atoms with E-state index in [1.165, 1.54) is 12.5 Å². The first kappa shape index (κ1) is 51.4. The van der Waals surface area contributed by atoms with E-state index in [4.69, 9.17) is 23.9 Å². The molecule has 2 unspecified atom stereocenters. The van der Waals surface area contributed by atoms with Gasteiger partial charge in [0.05, 0.1) is 55.4 Å². The number of benzene rings is 4. The van der Waals surface area contributed by atoms with Crippen LogP contribution >= 0.6 is 11.8 Å². The van der Waals surface area contributed by atoms with Crippen LogP contribution < -0.4 is 18.9 Å². The van der Waals surface area contributed by atoms with E-state index in [9.17, 15) is 24.0 Å². The number of aryl methyl sites for hydroxylation is 3. The summed E-state index contributed by atoms with van der Waals surface area (Å²) in [6.07, 6.45) is 14.0. The van der Waals surface area contributed by atoms with Gasteiger partial charge in [0.15, 0.2) is 17.3 Å². The Kier molecular flexibility index (Phi) is 15.7. The predicted octanol–water partition coefficient (Wildman–Crippen LogP) is 11.7. The molecule has 0 aromatic heterocycles. The topological polar surface area (TPSA) is 141 Å². The van der Waals surface area contributed by atoms with E-state index in [1.54, 1.807) is 35.9 Å². The molecule has 4 aliphatic heterocycles. The minimum Gasteiger partial charge on any atom is -0.494 e. The smallest absolute Gasteiger partial charge is 0.260 e. The molecular formula is C60H67N3O9S. The van der Waals surface area contributed by atoms with Crippen LogP contribution in [0.1, 0.15) is 140 Å². The number of amides is 2. The summed E-state index contributed by atoms with van der Waals surface area (Å²) in [5.41, 5.74) is 9.36. The average molecular weight is 1010 g/mol. The van der Waals surface area contributed by atoms with Gasteiger partial charge in [0.25, 0.3) is 11.8 Å². The number of fused-ring (bicyclic) bond motifs is 4. The lowest BCUT2D eigenvalue weighted by atomic mass is 9.97. The number of ketones is 3. The highest BCUT2D eigenvalue weighted by atomic mass is 32.2. The minimum atomic E-state index is -0.636. The van der Waals surface area contributed by atoms with Gasteiger partial charge in [-0.25, -0.2) is 0 Å². The van der Waals surface area contributed by atoms with Crippen LogP contribution in [-0.4, -0.2) is 94.2 Å². The lowest BCUT2D eigenvalue weighted by Crippen LogP contribution is -2.32. The molecule has 5 aliphatic rings. The summed E-state index contributed by atoms with van der Waals surface area (Å²) in [5.74, 6) is 1.86. The highest BCUT2D eigenvalue weighted by molar-refractivity contribution is 8.02. The van der Waals surface area contributed by atoms with Gasteiger partial charge >= 0.3 is 0 Å². The summed E-state index contributed by atoms with van der Waals surface area (Å²) < 4.78 is 24.1. The van der Waals surface area contributed by atoms with E-state index in [2.05, 4.69) is 63.2 Å². The SMILES string of the molecule is COc1cc2c(cc1OCCCCCOc1cc3c(cc1C)C(=O)N1C=C(c4ccc(OCCCC(C)(C)SC5CC(=O)C(CCC(C)=O)C5=O)cc4)C[C@H]1CC3)N=C[C@@H]1CC(c3ccc(C)cc3)=CN1C2=O. The molecular weight excluding hydrogens is 939 g/mol. The Morgan fingerprint density at radius 1 is 0.740 bits per heavy atom. The monoisotopic (exact) mass is 1010 g/mol. The van der Waals surface area contributed by atoms with Crippen LogP contribution in [0.5, 0.6) is 23.0 Å². The standard InChI is InChI=1S/C60H67N3O9S/c1-37-11-14-40(15-12-37)44-29-46-34-61-51-32-55(54(69-6)31-50(51)59(68)63(46)36-44)72-25-9-7-8-24-71-53-30-42-16-19-45-28-43(35-62(45)58(67)49(42)27-38(53)2)41-17-20-47(21-18-41)70-26-10-23-60(4,5)73-56-33-52(65)48(57(56)66)22-13-39(3)64/h11-12,14-15,17-18,20-21,27,30-32,34-36,45-46,48,56H,7-10,13,16,19,22-26,28-29,33H2,1-6H3/t45-,46+,48?,56?/m1/s1. The third-order valence-electron chi connectivity index (χ3n) is 14.8. The van der Waals surface area contributed by atoms with Gasteiger partial charge in [-0.1, -0.05) is 55.8 Å². The van der Waals surface area contributed by atoms with Crippen molar-refractivity contribution in [3.63, 3.8) is 0 Å². The van der Waals surface area contributed by atoms with Gasteiger partial charge in [0, 0.05) is 60.3 Å². The molecule has 1 fully saturated rings. The molecule has 0 saturated heterocycles. The van der Waals surface area contributed by atoms with E-state index in [0.29, 0.717) is 55.4 Å². The molecule has 13 heteroatoms. The van der Waals surface area contributed by atoms with Crippen LogP contribution in [0.15, 0.2) is 90.2 Å². The second kappa shape index (κ2) is 22.3. The molecule has 73 heavy (non-hydrogen) atoms. The molecule has 0 N–H and O–H groups in total. The Balaban J connectivity index is 0.709. The summed E-state index contributed by atoms with van der Waals surface area (Å²) in [5, 5.41) is -0.347. The molecule has 4 atom stereocenters. The average Bonchev–Trinajstić information content (AvgIpc) is 4.03. The fourth-order valence-electron chi connectivity index (χ4n) is 10.6. The van der Waals surface area contributed by atoms with Crippen molar-refractivity contribution in [1.82, 2.24) is 9.80 Å². The maximum absolute atomic E-state index is 14.1. The maximum atomic E-state index is 14.1. The number of unbranched alkanes of at least 4 members (excludes halogenated alkanes) is 2. The lowest BCUT2D eigenvalue weighted by molar-refractivity contribution is -0.127. The normalized spacial score (nSPS) is 20.2. The number of ether oxygens (including phenoxy) is 4. The Labute approximate surface area is 433 Å². The molecule has 382 valence electrons. The summed E-state index contributed by atoms with van der Waals surface area (Å²) in [7, 11) is 1.58. The van der Waals surface area contributed by atoms with Crippen molar-refractivity contribution < 1.29 is 42.9 Å². The molecule has 0 radical (unpaired) electrons.